The standard InChI is InChI=1S/C16H13O2P/c17-19-18-16-10-2-1-9-15(16)14-8-4-7-13(11-14)12-5-3-6-12/h1-2,4-5,7-11H,3,6H2. The first kappa shape index (κ1) is 12.1. The summed E-state index contributed by atoms with van der Waals surface area (Å²) in [6.45, 7) is 0. The van der Waals surface area contributed by atoms with E-state index in [4.69, 9.17) is 4.52 Å². The van der Waals surface area contributed by atoms with Crippen molar-refractivity contribution in [3.8, 4) is 16.9 Å². The van der Waals surface area contributed by atoms with Crippen LogP contribution in [-0.2, 0) is 4.57 Å². The maximum atomic E-state index is 10.7. The van der Waals surface area contributed by atoms with Gasteiger partial charge in [0.15, 0.2) is 0 Å². The molecule has 0 radical (unpaired) electrons. The summed E-state index contributed by atoms with van der Waals surface area (Å²) in [5.74, 6) is 0.638. The molecule has 3 rings (SSSR count). The topological polar surface area (TPSA) is 26.3 Å². The van der Waals surface area contributed by atoms with Crippen LogP contribution in [-0.4, -0.2) is 0 Å². The summed E-state index contributed by atoms with van der Waals surface area (Å²) in [5.41, 5.74) is 4.72. The third-order valence-electron chi connectivity index (χ3n) is 3.37. The van der Waals surface area contributed by atoms with Gasteiger partial charge in [0, 0.05) is 5.56 Å². The van der Waals surface area contributed by atoms with E-state index in [1.54, 1.807) is 0 Å². The van der Waals surface area contributed by atoms with Crippen molar-refractivity contribution < 1.29 is 9.09 Å². The second kappa shape index (κ2) is 5.38. The van der Waals surface area contributed by atoms with Gasteiger partial charge in [-0.15, -0.1) is 0 Å². The highest BCUT2D eigenvalue weighted by molar-refractivity contribution is 7.17. The first-order chi connectivity index (χ1) is 9.38. The Labute approximate surface area is 114 Å². The van der Waals surface area contributed by atoms with Gasteiger partial charge in [-0.1, -0.05) is 42.5 Å². The number of para-hydroxylation sites is 1. The van der Waals surface area contributed by atoms with E-state index in [1.165, 1.54) is 17.6 Å². The largest absolute Gasteiger partial charge is 0.407 e. The highest BCUT2D eigenvalue weighted by Gasteiger charge is 2.11. The predicted molar refractivity (Wildman–Crippen MR) is 77.3 cm³/mol. The number of hydrogen-bond donors (Lipinski definition) is 0. The number of allylic oxidation sites excluding steroid dienone is 2. The Hall–Kier alpha value is -1.92. The smallest absolute Gasteiger partial charge is 0.395 e. The van der Waals surface area contributed by atoms with Crippen LogP contribution in [0, 0.1) is 0 Å². The number of benzene rings is 2. The molecule has 2 nitrogen and oxygen atoms in total. The summed E-state index contributed by atoms with van der Waals surface area (Å²) in [5, 5.41) is 0. The molecule has 0 aliphatic heterocycles. The van der Waals surface area contributed by atoms with Gasteiger partial charge < -0.3 is 4.52 Å². The molecule has 0 N–H and O–H groups in total. The number of hydrogen-bond acceptors (Lipinski definition) is 2. The summed E-state index contributed by atoms with van der Waals surface area (Å²) >= 11 is 0. The van der Waals surface area contributed by atoms with Crippen molar-refractivity contribution in [1.82, 2.24) is 0 Å². The fraction of sp³-hybridized carbons (Fsp3) is 0.125. The lowest BCUT2D eigenvalue weighted by atomic mass is 9.90. The zero-order valence-electron chi connectivity index (χ0n) is 10.4. The Morgan fingerprint density at radius 1 is 1.00 bits per heavy atom. The van der Waals surface area contributed by atoms with Crippen LogP contribution in [0.2, 0.25) is 0 Å². The van der Waals surface area contributed by atoms with Gasteiger partial charge in [-0.25, -0.2) is 4.57 Å². The van der Waals surface area contributed by atoms with Crippen LogP contribution in [0.1, 0.15) is 18.4 Å². The van der Waals surface area contributed by atoms with Crippen LogP contribution in [0.15, 0.2) is 54.6 Å². The quantitative estimate of drug-likeness (QED) is 0.720. The molecule has 0 fully saturated rings. The van der Waals surface area contributed by atoms with E-state index in [1.807, 2.05) is 30.3 Å². The Kier molecular flexibility index (Phi) is 3.43. The second-order valence-electron chi connectivity index (χ2n) is 4.51. The van der Waals surface area contributed by atoms with E-state index in [9.17, 15) is 4.57 Å². The second-order valence-corrected chi connectivity index (χ2v) is 4.84. The van der Waals surface area contributed by atoms with E-state index in [0.717, 1.165) is 17.5 Å². The normalized spacial score (nSPS) is 13.8. The molecular formula is C16H13O2P. The number of rotatable bonds is 4. The van der Waals surface area contributed by atoms with Crippen molar-refractivity contribution in [2.24, 2.45) is 0 Å². The van der Waals surface area contributed by atoms with Gasteiger partial charge >= 0.3 is 8.69 Å². The minimum Gasteiger partial charge on any atom is -0.407 e. The van der Waals surface area contributed by atoms with Crippen LogP contribution in [0.5, 0.6) is 5.75 Å². The Morgan fingerprint density at radius 2 is 1.79 bits per heavy atom. The predicted octanol–water partition coefficient (Wildman–Crippen LogP) is 5.12. The SMILES string of the molecule is O=POc1ccccc1-c1cccc(C2=CCC2)c1. The van der Waals surface area contributed by atoms with Crippen LogP contribution in [0.3, 0.4) is 0 Å². The van der Waals surface area contributed by atoms with Crippen molar-refractivity contribution in [3.05, 3.63) is 60.2 Å². The van der Waals surface area contributed by atoms with E-state index >= 15 is 0 Å². The fourth-order valence-electron chi connectivity index (χ4n) is 2.26. The highest BCUT2D eigenvalue weighted by Crippen LogP contribution is 2.35. The van der Waals surface area contributed by atoms with E-state index in [2.05, 4.69) is 24.3 Å². The molecule has 1 aliphatic rings. The molecule has 1 aliphatic carbocycles. The molecular weight excluding hydrogens is 255 g/mol. The highest BCUT2D eigenvalue weighted by atomic mass is 31.1. The van der Waals surface area contributed by atoms with Gasteiger partial charge in [-0.05, 0) is 41.7 Å². The Balaban J connectivity index is 2.04. The molecule has 0 bridgehead atoms. The molecule has 0 heterocycles. The molecule has 94 valence electrons. The van der Waals surface area contributed by atoms with Gasteiger partial charge in [-0.3, -0.25) is 0 Å². The van der Waals surface area contributed by atoms with Crippen LogP contribution >= 0.6 is 8.69 Å². The average molecular weight is 268 g/mol. The fourth-order valence-corrected chi connectivity index (χ4v) is 2.50. The molecule has 0 saturated carbocycles. The molecule has 19 heavy (non-hydrogen) atoms. The molecule has 0 atom stereocenters. The van der Waals surface area contributed by atoms with Crippen molar-refractivity contribution in [2.45, 2.75) is 12.8 Å². The van der Waals surface area contributed by atoms with Crippen LogP contribution in [0.25, 0.3) is 16.7 Å². The first-order valence-electron chi connectivity index (χ1n) is 6.27. The summed E-state index contributed by atoms with van der Waals surface area (Å²) in [7, 11) is -0.326. The van der Waals surface area contributed by atoms with E-state index in [-0.39, 0.29) is 8.69 Å². The van der Waals surface area contributed by atoms with Crippen molar-refractivity contribution in [1.29, 1.82) is 0 Å². The zero-order valence-corrected chi connectivity index (χ0v) is 11.3. The molecule has 0 saturated heterocycles. The minimum absolute atomic E-state index is 0.326. The molecule has 2 aromatic carbocycles. The first-order valence-corrected chi connectivity index (χ1v) is 7.00. The summed E-state index contributed by atoms with van der Waals surface area (Å²) in [4.78, 5) is 0. The van der Waals surface area contributed by atoms with Crippen LogP contribution < -0.4 is 4.52 Å². The summed E-state index contributed by atoms with van der Waals surface area (Å²) < 4.78 is 15.8. The van der Waals surface area contributed by atoms with E-state index < -0.39 is 0 Å². The molecule has 0 amide bonds. The third-order valence-corrected chi connectivity index (χ3v) is 3.64. The van der Waals surface area contributed by atoms with Gasteiger partial charge in [-0.2, -0.15) is 0 Å². The molecule has 0 spiro atoms. The van der Waals surface area contributed by atoms with Gasteiger partial charge in [0.05, 0.1) is 0 Å². The maximum absolute atomic E-state index is 10.7. The minimum atomic E-state index is -0.326. The lowest BCUT2D eigenvalue weighted by Gasteiger charge is -2.16. The van der Waals surface area contributed by atoms with Crippen molar-refractivity contribution >= 4 is 14.3 Å². The lowest BCUT2D eigenvalue weighted by Crippen LogP contribution is -1.93. The van der Waals surface area contributed by atoms with Gasteiger partial charge in [0.25, 0.3) is 0 Å². The van der Waals surface area contributed by atoms with Crippen LogP contribution in [0.4, 0.5) is 0 Å². The maximum Gasteiger partial charge on any atom is 0.395 e. The molecule has 2 aromatic rings. The lowest BCUT2D eigenvalue weighted by molar-refractivity contribution is 0.526. The van der Waals surface area contributed by atoms with Gasteiger partial charge in [0.1, 0.15) is 5.75 Å². The van der Waals surface area contributed by atoms with Crippen molar-refractivity contribution in [3.63, 3.8) is 0 Å². The zero-order chi connectivity index (χ0) is 13.1. The molecule has 0 unspecified atom stereocenters. The molecule has 3 heteroatoms. The van der Waals surface area contributed by atoms with Crippen molar-refractivity contribution in [2.75, 3.05) is 0 Å². The third kappa shape index (κ3) is 2.45. The Morgan fingerprint density at radius 3 is 2.53 bits per heavy atom. The van der Waals surface area contributed by atoms with Gasteiger partial charge in [0.2, 0.25) is 0 Å². The Bertz CT molecular complexity index is 647. The summed E-state index contributed by atoms with van der Waals surface area (Å²) in [6, 6.07) is 16.0. The summed E-state index contributed by atoms with van der Waals surface area (Å²) in [6.07, 6.45) is 4.59. The molecule has 0 aromatic heterocycles. The average Bonchev–Trinajstić information content (AvgIpc) is 2.38. The monoisotopic (exact) mass is 268 g/mol. The van der Waals surface area contributed by atoms with E-state index in [0.29, 0.717) is 5.75 Å².